The van der Waals surface area contributed by atoms with Crippen molar-refractivity contribution >= 4 is 5.91 Å². The monoisotopic (exact) mass is 414 g/mol. The fourth-order valence-electron chi connectivity index (χ4n) is 3.97. The van der Waals surface area contributed by atoms with Gasteiger partial charge in [0.2, 0.25) is 5.91 Å². The van der Waals surface area contributed by atoms with E-state index in [0.717, 1.165) is 43.9 Å². The summed E-state index contributed by atoms with van der Waals surface area (Å²) in [5, 5.41) is 0. The van der Waals surface area contributed by atoms with Crippen molar-refractivity contribution in [1.82, 2.24) is 19.8 Å². The highest BCUT2D eigenvalue weighted by molar-refractivity contribution is 5.78. The van der Waals surface area contributed by atoms with Crippen LogP contribution < -0.4 is 4.74 Å². The fourth-order valence-corrected chi connectivity index (χ4v) is 3.97. The van der Waals surface area contributed by atoms with Gasteiger partial charge in [0.05, 0.1) is 6.54 Å². The zero-order valence-corrected chi connectivity index (χ0v) is 17.2. The van der Waals surface area contributed by atoms with E-state index in [9.17, 15) is 9.18 Å². The summed E-state index contributed by atoms with van der Waals surface area (Å²) in [4.78, 5) is 25.3. The summed E-state index contributed by atoms with van der Waals surface area (Å²) in [7, 11) is 0. The van der Waals surface area contributed by atoms with Gasteiger partial charge in [-0.15, -0.1) is 0 Å². The van der Waals surface area contributed by atoms with Gasteiger partial charge in [0.15, 0.2) is 0 Å². The molecule has 7 nitrogen and oxygen atoms in total. The van der Waals surface area contributed by atoms with Crippen molar-refractivity contribution in [3.8, 4) is 5.75 Å². The highest BCUT2D eigenvalue weighted by Crippen LogP contribution is 2.22. The normalized spacial score (nSPS) is 21.1. The molecule has 2 aliphatic heterocycles. The van der Waals surface area contributed by atoms with Crippen LogP contribution in [-0.2, 0) is 16.1 Å². The van der Waals surface area contributed by atoms with Crippen molar-refractivity contribution in [1.29, 1.82) is 0 Å². The number of nitrogens with zero attached hydrogens (tertiary/aromatic N) is 4. The average molecular weight is 414 g/mol. The lowest BCUT2D eigenvalue weighted by Crippen LogP contribution is -2.55. The molecule has 2 aliphatic rings. The summed E-state index contributed by atoms with van der Waals surface area (Å²) in [6.45, 7) is 5.52. The van der Waals surface area contributed by atoms with Crippen LogP contribution in [0.15, 0.2) is 36.7 Å². The first-order valence-corrected chi connectivity index (χ1v) is 10.4. The van der Waals surface area contributed by atoms with Crippen molar-refractivity contribution in [3.05, 3.63) is 53.9 Å². The molecule has 8 heteroatoms. The molecule has 30 heavy (non-hydrogen) atoms. The van der Waals surface area contributed by atoms with E-state index < -0.39 is 0 Å². The first-order chi connectivity index (χ1) is 14.6. The number of benzene rings is 1. The first kappa shape index (κ1) is 20.7. The zero-order chi connectivity index (χ0) is 20.9. The fraction of sp³-hybridized carbons (Fsp3) is 0.500. The lowest BCUT2D eigenvalue weighted by atomic mass is 10.0. The first-order valence-electron chi connectivity index (χ1n) is 10.4. The Morgan fingerprint density at radius 3 is 2.57 bits per heavy atom. The van der Waals surface area contributed by atoms with Gasteiger partial charge in [0.25, 0.3) is 0 Å². The van der Waals surface area contributed by atoms with Gasteiger partial charge in [0.1, 0.15) is 36.7 Å². The van der Waals surface area contributed by atoms with Crippen LogP contribution in [0.1, 0.15) is 24.2 Å². The van der Waals surface area contributed by atoms with Crippen LogP contribution in [0.5, 0.6) is 5.75 Å². The molecule has 0 spiro atoms. The van der Waals surface area contributed by atoms with E-state index in [0.29, 0.717) is 18.9 Å². The number of carbonyl (C=O) groups is 1. The molecule has 0 bridgehead atoms. The largest absolute Gasteiger partial charge is 0.491 e. The van der Waals surface area contributed by atoms with E-state index in [4.69, 9.17) is 9.47 Å². The molecule has 0 saturated carbocycles. The summed E-state index contributed by atoms with van der Waals surface area (Å²) in [6, 6.07) is 6.14. The van der Waals surface area contributed by atoms with Crippen molar-refractivity contribution in [2.45, 2.75) is 38.5 Å². The Balaban J connectivity index is 1.26. The van der Waals surface area contributed by atoms with E-state index in [2.05, 4.69) is 14.9 Å². The number of hydrogen-bond donors (Lipinski definition) is 0. The summed E-state index contributed by atoms with van der Waals surface area (Å²) >= 11 is 0. The van der Waals surface area contributed by atoms with E-state index in [-0.39, 0.29) is 30.5 Å². The summed E-state index contributed by atoms with van der Waals surface area (Å²) in [6.07, 6.45) is 5.45. The third-order valence-corrected chi connectivity index (χ3v) is 5.65. The topological polar surface area (TPSA) is 67.8 Å². The third kappa shape index (κ3) is 5.31. The van der Waals surface area contributed by atoms with Crippen LogP contribution in [-0.4, -0.2) is 70.7 Å². The predicted molar refractivity (Wildman–Crippen MR) is 108 cm³/mol. The van der Waals surface area contributed by atoms with Crippen LogP contribution in [0, 0.1) is 12.7 Å². The number of piperidine rings is 1. The second kappa shape index (κ2) is 9.49. The summed E-state index contributed by atoms with van der Waals surface area (Å²) in [5.41, 5.74) is 1.11. The Morgan fingerprint density at radius 1 is 1.17 bits per heavy atom. The lowest BCUT2D eigenvalue weighted by molar-refractivity contribution is -0.155. The number of hydrogen-bond acceptors (Lipinski definition) is 6. The van der Waals surface area contributed by atoms with Gasteiger partial charge in [0, 0.05) is 43.6 Å². The van der Waals surface area contributed by atoms with Gasteiger partial charge in [-0.3, -0.25) is 9.69 Å². The van der Waals surface area contributed by atoms with Gasteiger partial charge < -0.3 is 14.4 Å². The van der Waals surface area contributed by atoms with Crippen LogP contribution in [0.3, 0.4) is 0 Å². The Labute approximate surface area is 175 Å². The van der Waals surface area contributed by atoms with E-state index >= 15 is 0 Å². The molecule has 2 aromatic rings. The maximum atomic E-state index is 13.0. The minimum atomic E-state index is -0.297. The number of ether oxygens (including phenoxy) is 2. The number of likely N-dealkylation sites (tertiary alicyclic amines) is 1. The molecule has 1 atom stereocenters. The third-order valence-electron chi connectivity index (χ3n) is 5.65. The van der Waals surface area contributed by atoms with Crippen LogP contribution in [0.25, 0.3) is 0 Å². The molecule has 2 saturated heterocycles. The van der Waals surface area contributed by atoms with Crippen molar-refractivity contribution in [2.75, 3.05) is 32.8 Å². The number of rotatable bonds is 6. The Bertz CT molecular complexity index is 838. The molecule has 4 rings (SSSR count). The minimum absolute atomic E-state index is 0.0402. The van der Waals surface area contributed by atoms with Gasteiger partial charge in [-0.1, -0.05) is 0 Å². The summed E-state index contributed by atoms with van der Waals surface area (Å²) in [5.74, 6) is 1.12. The average Bonchev–Trinajstić information content (AvgIpc) is 2.76. The number of amides is 1. The molecular formula is C22H27FN4O3. The minimum Gasteiger partial charge on any atom is -0.491 e. The maximum absolute atomic E-state index is 13.0. The molecule has 1 aromatic heterocycles. The van der Waals surface area contributed by atoms with Gasteiger partial charge in [-0.2, -0.15) is 0 Å². The molecule has 1 unspecified atom stereocenters. The quantitative estimate of drug-likeness (QED) is 0.722. The van der Waals surface area contributed by atoms with Crippen molar-refractivity contribution in [2.24, 2.45) is 0 Å². The molecular weight excluding hydrogens is 387 g/mol. The van der Waals surface area contributed by atoms with Gasteiger partial charge >= 0.3 is 0 Å². The van der Waals surface area contributed by atoms with Crippen LogP contribution in [0.4, 0.5) is 4.39 Å². The van der Waals surface area contributed by atoms with E-state index in [1.54, 1.807) is 12.1 Å². The molecule has 1 amide bonds. The van der Waals surface area contributed by atoms with Gasteiger partial charge in [-0.25, -0.2) is 14.4 Å². The Kier molecular flexibility index (Phi) is 6.54. The number of morpholine rings is 1. The Hall–Kier alpha value is -2.58. The highest BCUT2D eigenvalue weighted by Gasteiger charge is 2.33. The zero-order valence-electron chi connectivity index (χ0n) is 17.2. The number of aromatic nitrogens is 2. The maximum Gasteiger partial charge on any atom is 0.248 e. The Morgan fingerprint density at radius 2 is 1.87 bits per heavy atom. The molecule has 3 heterocycles. The highest BCUT2D eigenvalue weighted by atomic mass is 19.1. The molecule has 1 aromatic carbocycles. The SMILES string of the molecule is Cc1ncc(CN2CCC(N3CC(COc4ccc(F)cc4)OCC3=O)CC2)cn1. The van der Waals surface area contributed by atoms with Gasteiger partial charge in [-0.05, 0) is 44.0 Å². The molecule has 160 valence electrons. The predicted octanol–water partition coefficient (Wildman–Crippen LogP) is 2.19. The van der Waals surface area contributed by atoms with Crippen LogP contribution >= 0.6 is 0 Å². The summed E-state index contributed by atoms with van der Waals surface area (Å²) < 4.78 is 24.4. The molecule has 0 radical (unpaired) electrons. The number of halogens is 1. The second-order valence-corrected chi connectivity index (χ2v) is 7.89. The lowest BCUT2D eigenvalue weighted by Gasteiger charge is -2.42. The standard InChI is InChI=1S/C22H27FN4O3/c1-16-24-10-17(11-25-16)12-26-8-6-19(7-9-26)27-13-21(30-15-22(27)28)14-29-20-4-2-18(23)3-5-20/h2-5,10-11,19,21H,6-9,12-15H2,1H3. The molecule has 0 N–H and O–H groups in total. The van der Waals surface area contributed by atoms with Crippen molar-refractivity contribution < 1.29 is 18.7 Å². The smallest absolute Gasteiger partial charge is 0.248 e. The van der Waals surface area contributed by atoms with E-state index in [1.807, 2.05) is 24.2 Å². The van der Waals surface area contributed by atoms with Crippen LogP contribution in [0.2, 0.25) is 0 Å². The second-order valence-electron chi connectivity index (χ2n) is 7.89. The number of aryl methyl sites for hydroxylation is 1. The molecule has 2 fully saturated rings. The van der Waals surface area contributed by atoms with Crippen molar-refractivity contribution in [3.63, 3.8) is 0 Å². The van der Waals surface area contributed by atoms with E-state index in [1.165, 1.54) is 12.1 Å². The number of carbonyl (C=O) groups excluding carboxylic acids is 1. The molecule has 0 aliphatic carbocycles.